The molecule has 0 fully saturated rings. The number of nitrogens with zero attached hydrogens (tertiary/aromatic N) is 1. The summed E-state index contributed by atoms with van der Waals surface area (Å²) < 4.78 is 20.4. The summed E-state index contributed by atoms with van der Waals surface area (Å²) in [5.74, 6) is 1.91. The van der Waals surface area contributed by atoms with Crippen molar-refractivity contribution in [2.75, 3.05) is 19.6 Å². The lowest BCUT2D eigenvalue weighted by atomic mass is 9.93. The van der Waals surface area contributed by atoms with Gasteiger partial charge in [0.25, 0.3) is 0 Å². The molecule has 3 rings (SSSR count). The summed E-state index contributed by atoms with van der Waals surface area (Å²) in [6, 6.07) is 20.7. The maximum absolute atomic E-state index is 6.80. The SMILES string of the molecule is CCCCC[N+](CCCCC)(CCCCC)C(CCCC)c1cc(Cl)ccc1OB(Oc1ccc(Cl)cc1)Oc1ccc(Cl)cc1. The van der Waals surface area contributed by atoms with Crippen LogP contribution in [-0.4, -0.2) is 31.4 Å². The number of unbranched alkanes of at least 4 members (excludes halogenated alkanes) is 7. The highest BCUT2D eigenvalue weighted by Crippen LogP contribution is 2.41. The third-order valence-electron chi connectivity index (χ3n) is 8.76. The molecule has 0 aromatic heterocycles. The Labute approximate surface area is 294 Å². The van der Waals surface area contributed by atoms with Crippen molar-refractivity contribution in [3.63, 3.8) is 0 Å². The van der Waals surface area contributed by atoms with Gasteiger partial charge < -0.3 is 18.4 Å². The van der Waals surface area contributed by atoms with Crippen molar-refractivity contribution in [2.24, 2.45) is 0 Å². The fourth-order valence-corrected chi connectivity index (χ4v) is 6.70. The van der Waals surface area contributed by atoms with Crippen molar-refractivity contribution in [1.82, 2.24) is 0 Å². The van der Waals surface area contributed by atoms with Crippen LogP contribution in [0.4, 0.5) is 0 Å². The Bertz CT molecular complexity index is 1190. The molecule has 1 atom stereocenters. The van der Waals surface area contributed by atoms with Crippen LogP contribution in [-0.2, 0) is 0 Å². The van der Waals surface area contributed by atoms with E-state index in [-0.39, 0.29) is 6.04 Å². The van der Waals surface area contributed by atoms with E-state index in [1.807, 2.05) is 36.4 Å². The first-order chi connectivity index (χ1) is 22.3. The second-order valence-corrected chi connectivity index (χ2v) is 13.7. The van der Waals surface area contributed by atoms with E-state index in [4.69, 9.17) is 48.8 Å². The molecular formula is C38H54BCl3NO3+. The Kier molecular flexibility index (Phi) is 17.6. The van der Waals surface area contributed by atoms with Crippen LogP contribution in [0.25, 0.3) is 0 Å². The summed E-state index contributed by atoms with van der Waals surface area (Å²) in [4.78, 5) is 0. The summed E-state index contributed by atoms with van der Waals surface area (Å²) in [5.41, 5.74) is 1.13. The van der Waals surface area contributed by atoms with Gasteiger partial charge in [-0.15, -0.1) is 0 Å². The van der Waals surface area contributed by atoms with Crippen LogP contribution in [0.1, 0.15) is 116 Å². The van der Waals surface area contributed by atoms with Crippen molar-refractivity contribution in [3.8, 4) is 17.2 Å². The lowest BCUT2D eigenvalue weighted by molar-refractivity contribution is -0.958. The van der Waals surface area contributed by atoms with Gasteiger partial charge in [0.2, 0.25) is 0 Å². The van der Waals surface area contributed by atoms with Crippen molar-refractivity contribution >= 4 is 42.1 Å². The first kappa shape index (κ1) is 38.4. The fourth-order valence-electron chi connectivity index (χ4n) is 6.27. The summed E-state index contributed by atoms with van der Waals surface area (Å²) in [5, 5.41) is 1.97. The Hall–Kier alpha value is -2.05. The molecule has 0 aliphatic rings. The van der Waals surface area contributed by atoms with Gasteiger partial charge in [-0.2, -0.15) is 0 Å². The lowest BCUT2D eigenvalue weighted by Gasteiger charge is -2.46. The molecule has 0 aliphatic heterocycles. The number of benzene rings is 3. The fraction of sp³-hybridized carbons (Fsp3) is 0.526. The molecule has 0 bridgehead atoms. The van der Waals surface area contributed by atoms with Gasteiger partial charge >= 0.3 is 7.32 Å². The molecule has 0 saturated heterocycles. The highest BCUT2D eigenvalue weighted by molar-refractivity contribution is 6.39. The van der Waals surface area contributed by atoms with E-state index >= 15 is 0 Å². The van der Waals surface area contributed by atoms with Crippen LogP contribution in [0.15, 0.2) is 66.7 Å². The third kappa shape index (κ3) is 12.5. The largest absolute Gasteiger partial charge is 0.864 e. The first-order valence-corrected chi connectivity index (χ1v) is 18.6. The molecule has 46 heavy (non-hydrogen) atoms. The standard InChI is InChI=1S/C38H54BCl3NO3/c1-5-9-13-27-43(28-14-10-6-2,29-15-11-7-3)37(16-12-8-4)36-30-33(42)21-26-38(36)46-39(44-34-22-17-31(40)18-23-34)45-35-24-19-32(41)20-25-35/h17-26,30,37H,5-16,27-29H2,1-4H3/q+1. The molecule has 0 saturated carbocycles. The van der Waals surface area contributed by atoms with Crippen LogP contribution in [0, 0.1) is 0 Å². The van der Waals surface area contributed by atoms with Crippen molar-refractivity contribution in [1.29, 1.82) is 0 Å². The molecule has 3 aromatic carbocycles. The summed E-state index contributed by atoms with van der Waals surface area (Å²) in [6.45, 7) is 12.6. The number of halogens is 3. The van der Waals surface area contributed by atoms with Gasteiger partial charge in [0.1, 0.15) is 23.3 Å². The van der Waals surface area contributed by atoms with E-state index in [2.05, 4.69) is 33.8 Å². The monoisotopic (exact) mass is 688 g/mol. The maximum Gasteiger partial charge on any atom is 0.864 e. The van der Waals surface area contributed by atoms with Crippen molar-refractivity contribution < 1.29 is 18.4 Å². The molecule has 0 amide bonds. The van der Waals surface area contributed by atoms with E-state index in [0.717, 1.165) is 54.7 Å². The minimum absolute atomic E-state index is 0.242. The number of hydrogen-bond acceptors (Lipinski definition) is 3. The van der Waals surface area contributed by atoms with Crippen LogP contribution in [0.5, 0.6) is 17.2 Å². The smallest absolute Gasteiger partial charge is 0.490 e. The minimum Gasteiger partial charge on any atom is -0.490 e. The van der Waals surface area contributed by atoms with Gasteiger partial charge in [-0.1, -0.05) is 88.2 Å². The number of quaternary nitrogens is 1. The van der Waals surface area contributed by atoms with E-state index < -0.39 is 7.32 Å². The van der Waals surface area contributed by atoms with Gasteiger partial charge in [-0.05, 0) is 112 Å². The zero-order valence-electron chi connectivity index (χ0n) is 28.4. The van der Waals surface area contributed by atoms with Gasteiger partial charge in [-0.25, -0.2) is 0 Å². The molecule has 0 N–H and O–H groups in total. The van der Waals surface area contributed by atoms with Crippen molar-refractivity contribution in [2.45, 2.75) is 111 Å². The molecule has 8 heteroatoms. The molecule has 3 aromatic rings. The lowest BCUT2D eigenvalue weighted by Crippen LogP contribution is -2.53. The van der Waals surface area contributed by atoms with Gasteiger partial charge in [0.05, 0.1) is 25.2 Å². The van der Waals surface area contributed by atoms with Crippen LogP contribution in [0.3, 0.4) is 0 Å². The quantitative estimate of drug-likeness (QED) is 0.0563. The maximum atomic E-state index is 6.80. The summed E-state index contributed by atoms with van der Waals surface area (Å²) >= 11 is 19.1. The van der Waals surface area contributed by atoms with Gasteiger partial charge in [-0.3, -0.25) is 0 Å². The zero-order chi connectivity index (χ0) is 33.2. The third-order valence-corrected chi connectivity index (χ3v) is 9.50. The molecular weight excluding hydrogens is 636 g/mol. The van der Waals surface area contributed by atoms with E-state index in [1.165, 1.54) is 57.8 Å². The molecule has 4 nitrogen and oxygen atoms in total. The predicted octanol–water partition coefficient (Wildman–Crippen LogP) is 12.8. The molecule has 0 aliphatic carbocycles. The molecule has 0 heterocycles. The highest BCUT2D eigenvalue weighted by Gasteiger charge is 2.40. The normalized spacial score (nSPS) is 12.2. The van der Waals surface area contributed by atoms with Gasteiger partial charge in [0, 0.05) is 21.5 Å². The number of hydrogen-bond donors (Lipinski definition) is 0. The Balaban J connectivity index is 2.10. The highest BCUT2D eigenvalue weighted by atomic mass is 35.5. The van der Waals surface area contributed by atoms with Crippen LogP contribution >= 0.6 is 34.8 Å². The first-order valence-electron chi connectivity index (χ1n) is 17.5. The second kappa shape index (κ2) is 21.0. The Morgan fingerprint density at radius 1 is 0.543 bits per heavy atom. The Morgan fingerprint density at radius 3 is 1.41 bits per heavy atom. The summed E-state index contributed by atoms with van der Waals surface area (Å²) in [7, 11) is -1.06. The second-order valence-electron chi connectivity index (χ2n) is 12.4. The molecule has 252 valence electrons. The van der Waals surface area contributed by atoms with Crippen LogP contribution < -0.4 is 14.0 Å². The Morgan fingerprint density at radius 2 is 0.978 bits per heavy atom. The predicted molar refractivity (Wildman–Crippen MR) is 198 cm³/mol. The number of rotatable bonds is 23. The molecule has 1 unspecified atom stereocenters. The van der Waals surface area contributed by atoms with Gasteiger partial charge in [0.15, 0.2) is 0 Å². The zero-order valence-corrected chi connectivity index (χ0v) is 30.7. The average Bonchev–Trinajstić information content (AvgIpc) is 3.05. The minimum atomic E-state index is -1.06. The van der Waals surface area contributed by atoms with E-state index in [1.54, 1.807) is 24.3 Å². The van der Waals surface area contributed by atoms with Crippen molar-refractivity contribution in [3.05, 3.63) is 87.4 Å². The molecule has 0 spiro atoms. The molecule has 0 radical (unpaired) electrons. The summed E-state index contributed by atoms with van der Waals surface area (Å²) in [6.07, 6.45) is 14.3. The average molecular weight is 690 g/mol. The van der Waals surface area contributed by atoms with E-state index in [0.29, 0.717) is 26.6 Å². The topological polar surface area (TPSA) is 27.7 Å². The van der Waals surface area contributed by atoms with Crippen LogP contribution in [0.2, 0.25) is 15.1 Å². The van der Waals surface area contributed by atoms with E-state index in [9.17, 15) is 0 Å².